The third kappa shape index (κ3) is 6.01. The van der Waals surface area contributed by atoms with E-state index in [1.54, 1.807) is 0 Å². The maximum atomic E-state index is 9.90. The molecule has 0 bridgehead atoms. The van der Waals surface area contributed by atoms with Crippen LogP contribution in [0.5, 0.6) is 0 Å². The molecule has 4 heteroatoms. The first-order chi connectivity index (χ1) is 9.54. The number of aliphatic hydroxyl groups excluding tert-OH is 2. The highest BCUT2D eigenvalue weighted by Crippen LogP contribution is 2.15. The molecule has 0 amide bonds. The molecule has 20 heavy (non-hydrogen) atoms. The smallest absolute Gasteiger partial charge is 0.0898 e. The number of hydrogen-bond donors (Lipinski definition) is 3. The van der Waals surface area contributed by atoms with Crippen LogP contribution >= 0.6 is 0 Å². The summed E-state index contributed by atoms with van der Waals surface area (Å²) in [4.78, 5) is 0. The van der Waals surface area contributed by atoms with Gasteiger partial charge in [0.2, 0.25) is 0 Å². The molecule has 4 nitrogen and oxygen atoms in total. The van der Waals surface area contributed by atoms with Crippen LogP contribution in [0.3, 0.4) is 0 Å². The van der Waals surface area contributed by atoms with Crippen molar-refractivity contribution in [2.75, 3.05) is 19.8 Å². The molecule has 1 rings (SSSR count). The molecule has 0 aliphatic heterocycles. The molecule has 0 fully saturated rings. The summed E-state index contributed by atoms with van der Waals surface area (Å²) in [6.45, 7) is 6.85. The Kier molecular flexibility index (Phi) is 7.77. The van der Waals surface area contributed by atoms with E-state index in [0.717, 1.165) is 5.56 Å². The fourth-order valence-electron chi connectivity index (χ4n) is 1.82. The van der Waals surface area contributed by atoms with E-state index in [2.05, 4.69) is 5.32 Å². The molecule has 4 unspecified atom stereocenters. The molecule has 0 aromatic heterocycles. The van der Waals surface area contributed by atoms with Gasteiger partial charge in [-0.05, 0) is 25.3 Å². The van der Waals surface area contributed by atoms with E-state index in [4.69, 9.17) is 9.84 Å². The normalized spacial score (nSPS) is 17.4. The van der Waals surface area contributed by atoms with Gasteiger partial charge in [0, 0.05) is 19.2 Å². The number of rotatable bonds is 9. The van der Waals surface area contributed by atoms with Crippen LogP contribution in [-0.4, -0.2) is 42.1 Å². The Balaban J connectivity index is 2.24. The van der Waals surface area contributed by atoms with Gasteiger partial charge in [-0.15, -0.1) is 0 Å². The minimum absolute atomic E-state index is 0.0281. The summed E-state index contributed by atoms with van der Waals surface area (Å²) in [7, 11) is 0. The molecule has 114 valence electrons. The molecule has 0 saturated heterocycles. The van der Waals surface area contributed by atoms with Gasteiger partial charge in [-0.25, -0.2) is 0 Å². The third-order valence-electron chi connectivity index (χ3n) is 3.62. The minimum Gasteiger partial charge on any atom is -0.396 e. The van der Waals surface area contributed by atoms with Crippen LogP contribution in [0.2, 0.25) is 0 Å². The van der Waals surface area contributed by atoms with Crippen molar-refractivity contribution in [2.45, 2.75) is 39.0 Å². The highest BCUT2D eigenvalue weighted by Gasteiger charge is 2.14. The Morgan fingerprint density at radius 3 is 2.40 bits per heavy atom. The van der Waals surface area contributed by atoms with Crippen LogP contribution in [0.1, 0.15) is 32.4 Å². The highest BCUT2D eigenvalue weighted by atomic mass is 16.5. The van der Waals surface area contributed by atoms with Gasteiger partial charge in [-0.3, -0.25) is 0 Å². The van der Waals surface area contributed by atoms with Gasteiger partial charge in [0.05, 0.1) is 18.8 Å². The first kappa shape index (κ1) is 17.1. The summed E-state index contributed by atoms with van der Waals surface area (Å²) >= 11 is 0. The standard InChI is InChI=1S/C16H27NO3/c1-12(10-18)13(2)17-9-16(19)11-20-14(3)15-7-5-4-6-8-15/h4-8,12-14,16-19H,9-11H2,1-3H3. The summed E-state index contributed by atoms with van der Waals surface area (Å²) < 4.78 is 5.67. The summed E-state index contributed by atoms with van der Waals surface area (Å²) in [5.74, 6) is 0.173. The fourth-order valence-corrected chi connectivity index (χ4v) is 1.82. The molecule has 0 saturated carbocycles. The van der Waals surface area contributed by atoms with Crippen molar-refractivity contribution in [3.63, 3.8) is 0 Å². The van der Waals surface area contributed by atoms with Crippen LogP contribution in [0.4, 0.5) is 0 Å². The van der Waals surface area contributed by atoms with Crippen LogP contribution < -0.4 is 5.32 Å². The average molecular weight is 281 g/mol. The van der Waals surface area contributed by atoms with Crippen LogP contribution in [0.15, 0.2) is 30.3 Å². The van der Waals surface area contributed by atoms with E-state index >= 15 is 0 Å². The Labute approximate surface area is 121 Å². The van der Waals surface area contributed by atoms with E-state index in [1.807, 2.05) is 51.1 Å². The van der Waals surface area contributed by atoms with Crippen molar-refractivity contribution in [1.82, 2.24) is 5.32 Å². The van der Waals surface area contributed by atoms with Gasteiger partial charge in [-0.1, -0.05) is 37.3 Å². The van der Waals surface area contributed by atoms with Crippen LogP contribution in [0, 0.1) is 5.92 Å². The van der Waals surface area contributed by atoms with Crippen molar-refractivity contribution in [3.05, 3.63) is 35.9 Å². The first-order valence-corrected chi connectivity index (χ1v) is 7.23. The lowest BCUT2D eigenvalue weighted by molar-refractivity contribution is -0.00353. The zero-order valence-corrected chi connectivity index (χ0v) is 12.6. The van der Waals surface area contributed by atoms with Crippen molar-refractivity contribution in [1.29, 1.82) is 0 Å². The molecule has 0 spiro atoms. The number of nitrogens with one attached hydrogen (secondary N) is 1. The lowest BCUT2D eigenvalue weighted by atomic mass is 10.1. The second kappa shape index (κ2) is 9.08. The largest absolute Gasteiger partial charge is 0.396 e. The number of hydrogen-bond acceptors (Lipinski definition) is 4. The maximum Gasteiger partial charge on any atom is 0.0898 e. The van der Waals surface area contributed by atoms with Gasteiger partial charge < -0.3 is 20.3 Å². The zero-order chi connectivity index (χ0) is 15.0. The van der Waals surface area contributed by atoms with E-state index in [1.165, 1.54) is 0 Å². The number of aliphatic hydroxyl groups is 2. The van der Waals surface area contributed by atoms with Crippen LogP contribution in [0.25, 0.3) is 0 Å². The molecule has 4 atom stereocenters. The third-order valence-corrected chi connectivity index (χ3v) is 3.62. The molecule has 1 aromatic rings. The molecule has 3 N–H and O–H groups in total. The van der Waals surface area contributed by atoms with Crippen molar-refractivity contribution in [2.24, 2.45) is 5.92 Å². The molecular formula is C16H27NO3. The summed E-state index contributed by atoms with van der Waals surface area (Å²) in [5.41, 5.74) is 1.11. The second-order valence-electron chi connectivity index (χ2n) is 5.40. The van der Waals surface area contributed by atoms with Crippen molar-refractivity contribution in [3.8, 4) is 0 Å². The second-order valence-corrected chi connectivity index (χ2v) is 5.40. The predicted octanol–water partition coefficient (Wildman–Crippen LogP) is 1.73. The zero-order valence-electron chi connectivity index (χ0n) is 12.6. The minimum atomic E-state index is -0.547. The first-order valence-electron chi connectivity index (χ1n) is 7.23. The Hall–Kier alpha value is -0.940. The summed E-state index contributed by atoms with van der Waals surface area (Å²) in [6, 6.07) is 10.1. The van der Waals surface area contributed by atoms with Gasteiger partial charge in [0.15, 0.2) is 0 Å². The Bertz CT molecular complexity index is 358. The molecular weight excluding hydrogens is 254 g/mol. The monoisotopic (exact) mass is 281 g/mol. The van der Waals surface area contributed by atoms with Gasteiger partial charge in [0.25, 0.3) is 0 Å². The maximum absolute atomic E-state index is 9.90. The van der Waals surface area contributed by atoms with Crippen molar-refractivity contribution < 1.29 is 14.9 Å². The SMILES string of the molecule is CC(OCC(O)CNC(C)C(C)CO)c1ccccc1. The Morgan fingerprint density at radius 1 is 1.15 bits per heavy atom. The summed E-state index contributed by atoms with van der Waals surface area (Å²) in [5, 5.41) is 22.2. The topological polar surface area (TPSA) is 61.7 Å². The van der Waals surface area contributed by atoms with E-state index in [-0.39, 0.29) is 24.7 Å². The number of benzene rings is 1. The molecule has 0 radical (unpaired) electrons. The Morgan fingerprint density at radius 2 is 1.80 bits per heavy atom. The summed E-state index contributed by atoms with van der Waals surface area (Å²) in [6.07, 6.45) is -0.575. The quantitative estimate of drug-likeness (QED) is 0.645. The molecule has 0 aliphatic rings. The van der Waals surface area contributed by atoms with E-state index in [0.29, 0.717) is 13.2 Å². The fraction of sp³-hybridized carbons (Fsp3) is 0.625. The van der Waals surface area contributed by atoms with E-state index in [9.17, 15) is 5.11 Å². The lowest BCUT2D eigenvalue weighted by Crippen LogP contribution is -2.40. The van der Waals surface area contributed by atoms with Gasteiger partial charge in [0.1, 0.15) is 0 Å². The molecule has 1 aromatic carbocycles. The average Bonchev–Trinajstić information content (AvgIpc) is 2.50. The van der Waals surface area contributed by atoms with Crippen molar-refractivity contribution >= 4 is 0 Å². The lowest BCUT2D eigenvalue weighted by Gasteiger charge is -2.22. The highest BCUT2D eigenvalue weighted by molar-refractivity contribution is 5.16. The van der Waals surface area contributed by atoms with Crippen LogP contribution in [-0.2, 0) is 4.74 Å². The predicted molar refractivity (Wildman–Crippen MR) is 80.5 cm³/mol. The van der Waals surface area contributed by atoms with Gasteiger partial charge >= 0.3 is 0 Å². The number of ether oxygens (including phenoxy) is 1. The molecule has 0 aliphatic carbocycles. The molecule has 0 heterocycles. The van der Waals surface area contributed by atoms with E-state index < -0.39 is 6.10 Å². The van der Waals surface area contributed by atoms with Gasteiger partial charge in [-0.2, -0.15) is 0 Å².